The van der Waals surface area contributed by atoms with E-state index in [1.807, 2.05) is 36.5 Å². The highest BCUT2D eigenvalue weighted by Crippen LogP contribution is 2.60. The zero-order chi connectivity index (χ0) is 55.0. The highest BCUT2D eigenvalue weighted by molar-refractivity contribution is 7.61. The minimum absolute atomic E-state index is 0.119. The second-order valence-electron chi connectivity index (χ2n) is 17.1. The van der Waals surface area contributed by atoms with E-state index >= 15 is 0 Å². The standard InChI is InChI=1S/C54H81N3O16P2/c1-3-5-7-9-11-13-15-17-18-19-20-21-22-24-26-28-30-32-34-38-50(60)71-46(42-68-49(59)39-35-37-45(58)36-33-31-29-27-25-23-16-14-12-10-8-6-4-2)43-69-74(64,65)73-75(66,67)70-44-47-51(61)52(62)53(72-47)57-41-40-48(55)56-54(57)63/h6,8,11-14,17-18,20-21,23-26,29-33,36,40-41,45-47,51-53,58,61-62H,3-5,7,9-10,15-16,19,22,27-28,34-35,37-39,42-44H2,1-2H3,(H,64,65)(H,66,67)(H2,55,56,63)/b8-6-,13-11-,14-12-,18-17-,21-20-,25-23-,26-24-,31-29-,32-30-,36-33+/t45?,46-,47-,51-,52-,53-/m1/s1. The zero-order valence-electron chi connectivity index (χ0n) is 43.4. The largest absolute Gasteiger partial charge is 0.481 e. The third-order valence-electron chi connectivity index (χ3n) is 10.6. The van der Waals surface area contributed by atoms with Crippen LogP contribution in [0.3, 0.4) is 0 Å². The maximum atomic E-state index is 12.9. The number of anilines is 1. The van der Waals surface area contributed by atoms with Crippen LogP contribution in [0.2, 0.25) is 0 Å². The number of carbonyl (C=O) groups is 2. The van der Waals surface area contributed by atoms with Gasteiger partial charge in [-0.15, -0.1) is 0 Å². The molecule has 8 atom stereocenters. The number of ether oxygens (including phenoxy) is 3. The number of aromatic nitrogens is 2. The molecule has 0 amide bonds. The third kappa shape index (κ3) is 33.0. The summed E-state index contributed by atoms with van der Waals surface area (Å²) < 4.78 is 56.5. The molecule has 0 aliphatic carbocycles. The molecule has 1 aliphatic heterocycles. The highest BCUT2D eigenvalue weighted by Gasteiger charge is 2.46. The Morgan fingerprint density at radius 2 is 1.28 bits per heavy atom. The molecule has 7 N–H and O–H groups in total. The van der Waals surface area contributed by atoms with Gasteiger partial charge in [-0.3, -0.25) is 23.2 Å². The number of aliphatic hydroxyl groups is 3. The van der Waals surface area contributed by atoms with Crippen LogP contribution in [0.4, 0.5) is 5.82 Å². The molecule has 0 saturated carbocycles. The number of aliphatic hydroxyl groups excluding tert-OH is 3. The first-order chi connectivity index (χ1) is 36.1. The minimum atomic E-state index is -5.49. The van der Waals surface area contributed by atoms with Gasteiger partial charge in [-0.25, -0.2) is 13.9 Å². The normalized spacial score (nSPS) is 20.2. The van der Waals surface area contributed by atoms with Crippen LogP contribution >= 0.6 is 15.6 Å². The first-order valence-corrected chi connectivity index (χ1v) is 28.6. The molecule has 0 radical (unpaired) electrons. The average molecular weight is 1090 g/mol. The molecule has 0 spiro atoms. The molecule has 418 valence electrons. The van der Waals surface area contributed by atoms with Crippen molar-refractivity contribution in [3.8, 4) is 0 Å². The number of unbranched alkanes of at least 4 members (excludes halogenated alkanes) is 3. The molecule has 3 unspecified atom stereocenters. The molecule has 0 aromatic carbocycles. The molecule has 19 nitrogen and oxygen atoms in total. The summed E-state index contributed by atoms with van der Waals surface area (Å²) in [5.74, 6) is -1.63. The Morgan fingerprint density at radius 3 is 1.87 bits per heavy atom. The van der Waals surface area contributed by atoms with Gasteiger partial charge in [0.05, 0.1) is 19.3 Å². The molecule has 1 aliphatic rings. The van der Waals surface area contributed by atoms with Crippen LogP contribution < -0.4 is 11.4 Å². The van der Waals surface area contributed by atoms with Crippen LogP contribution in [0.25, 0.3) is 0 Å². The molecule has 2 heterocycles. The van der Waals surface area contributed by atoms with Gasteiger partial charge in [0.2, 0.25) is 0 Å². The first kappa shape index (κ1) is 66.2. The monoisotopic (exact) mass is 1090 g/mol. The van der Waals surface area contributed by atoms with Crippen LogP contribution in [-0.2, 0) is 46.3 Å². The van der Waals surface area contributed by atoms with Crippen molar-refractivity contribution < 1.29 is 71.4 Å². The Labute approximate surface area is 442 Å². The summed E-state index contributed by atoms with van der Waals surface area (Å²) in [5.41, 5.74) is 4.56. The van der Waals surface area contributed by atoms with Crippen LogP contribution in [-0.4, -0.2) is 96.9 Å². The lowest BCUT2D eigenvalue weighted by Gasteiger charge is -2.21. The number of nitrogens with two attached hydrogens (primary N) is 1. The number of nitrogens with zero attached hydrogens (tertiary/aromatic N) is 2. The van der Waals surface area contributed by atoms with Gasteiger partial charge < -0.3 is 45.1 Å². The molecular weight excluding hydrogens is 1010 g/mol. The van der Waals surface area contributed by atoms with Gasteiger partial charge in [0.25, 0.3) is 0 Å². The number of nitrogen functional groups attached to an aromatic ring is 1. The predicted molar refractivity (Wildman–Crippen MR) is 290 cm³/mol. The topological polar surface area (TPSA) is 286 Å². The lowest BCUT2D eigenvalue weighted by Crippen LogP contribution is -2.36. The SMILES string of the molecule is CC/C=C\C/C=C\C/C=C\C/C=C\C=C\C(O)CCCC(=O)OC[C@H](COP(=O)(O)OP(=O)(O)OC[C@H]1O[C@@H](n2ccc(N)nc2=O)[C@H](O)[C@@H]1O)OC(=O)CC/C=C\C/C=C\C/C=C\C/C=C\C/C=C\CCCCC. The van der Waals surface area contributed by atoms with E-state index in [4.69, 9.17) is 29.0 Å². The Morgan fingerprint density at radius 1 is 0.720 bits per heavy atom. The fourth-order valence-corrected chi connectivity index (χ4v) is 8.79. The number of phosphoric acid groups is 2. The number of rotatable bonds is 40. The fraction of sp³-hybridized carbons (Fsp3) is 0.519. The summed E-state index contributed by atoms with van der Waals surface area (Å²) in [7, 11) is -11.0. The number of esters is 2. The second kappa shape index (κ2) is 40.4. The van der Waals surface area contributed by atoms with Crippen LogP contribution in [0.5, 0.6) is 0 Å². The smallest absolute Gasteiger partial charge is 0.462 e. The second-order valence-corrected chi connectivity index (χ2v) is 20.2. The first-order valence-electron chi connectivity index (χ1n) is 25.7. The maximum absolute atomic E-state index is 12.9. The van der Waals surface area contributed by atoms with E-state index in [1.165, 1.54) is 25.3 Å². The van der Waals surface area contributed by atoms with Crippen molar-refractivity contribution in [3.63, 3.8) is 0 Å². The summed E-state index contributed by atoms with van der Waals surface area (Å²) in [4.78, 5) is 61.9. The lowest BCUT2D eigenvalue weighted by atomic mass is 10.1. The fourth-order valence-electron chi connectivity index (χ4n) is 6.68. The number of phosphoric ester groups is 2. The highest BCUT2D eigenvalue weighted by atomic mass is 31.3. The molecular formula is C54H81N3O16P2. The van der Waals surface area contributed by atoms with Crippen LogP contribution in [0, 0.1) is 0 Å². The Hall–Kier alpha value is -4.88. The summed E-state index contributed by atoms with van der Waals surface area (Å²) in [6, 6.07) is 1.23. The third-order valence-corrected chi connectivity index (χ3v) is 13.2. The molecule has 75 heavy (non-hydrogen) atoms. The van der Waals surface area contributed by atoms with Gasteiger partial charge in [0.1, 0.15) is 30.7 Å². The lowest BCUT2D eigenvalue weighted by molar-refractivity contribution is -0.161. The maximum Gasteiger partial charge on any atom is 0.481 e. The Kier molecular flexibility index (Phi) is 35.7. The van der Waals surface area contributed by atoms with E-state index < -0.39 is 89.8 Å². The summed E-state index contributed by atoms with van der Waals surface area (Å²) in [5, 5.41) is 31.3. The molecule has 1 fully saturated rings. The summed E-state index contributed by atoms with van der Waals surface area (Å²) in [6.07, 6.45) is 44.6. The van der Waals surface area contributed by atoms with Crippen molar-refractivity contribution >= 4 is 33.4 Å². The van der Waals surface area contributed by atoms with E-state index in [0.29, 0.717) is 6.42 Å². The predicted octanol–water partition coefficient (Wildman–Crippen LogP) is 9.74. The quantitative estimate of drug-likeness (QED) is 0.0117. The number of hydrogen-bond donors (Lipinski definition) is 6. The van der Waals surface area contributed by atoms with Gasteiger partial charge in [0.15, 0.2) is 12.3 Å². The van der Waals surface area contributed by atoms with E-state index in [1.54, 1.807) is 18.2 Å². The van der Waals surface area contributed by atoms with Crippen molar-refractivity contribution in [2.45, 2.75) is 160 Å². The Bertz CT molecular complexity index is 2250. The van der Waals surface area contributed by atoms with Crippen molar-refractivity contribution in [1.82, 2.24) is 9.55 Å². The van der Waals surface area contributed by atoms with Crippen molar-refractivity contribution in [3.05, 3.63) is 144 Å². The molecule has 1 saturated heterocycles. The van der Waals surface area contributed by atoms with Crippen molar-refractivity contribution in [1.29, 1.82) is 0 Å². The van der Waals surface area contributed by atoms with E-state index in [9.17, 15) is 48.6 Å². The molecule has 1 aromatic heterocycles. The van der Waals surface area contributed by atoms with E-state index in [2.05, 4.69) is 90.0 Å². The van der Waals surface area contributed by atoms with Gasteiger partial charge in [-0.2, -0.15) is 9.29 Å². The molecule has 21 heteroatoms. The minimum Gasteiger partial charge on any atom is -0.462 e. The van der Waals surface area contributed by atoms with Gasteiger partial charge in [0, 0.05) is 19.0 Å². The molecule has 1 aromatic rings. The summed E-state index contributed by atoms with van der Waals surface area (Å²) in [6.45, 7) is 1.73. The van der Waals surface area contributed by atoms with Crippen molar-refractivity contribution in [2.75, 3.05) is 25.6 Å². The van der Waals surface area contributed by atoms with E-state index in [-0.39, 0.29) is 37.9 Å². The number of allylic oxidation sites excluding steroid dienone is 19. The summed E-state index contributed by atoms with van der Waals surface area (Å²) >= 11 is 0. The van der Waals surface area contributed by atoms with Crippen LogP contribution in [0.1, 0.15) is 129 Å². The number of hydrogen-bond acceptors (Lipinski definition) is 16. The van der Waals surface area contributed by atoms with Crippen LogP contribution in [0.15, 0.2) is 139 Å². The molecule has 0 bridgehead atoms. The van der Waals surface area contributed by atoms with Crippen molar-refractivity contribution in [2.24, 2.45) is 0 Å². The number of carbonyl (C=O) groups excluding carboxylic acids is 2. The Balaban J connectivity index is 1.89. The average Bonchev–Trinajstić information content (AvgIpc) is 3.64. The van der Waals surface area contributed by atoms with Gasteiger partial charge >= 0.3 is 33.3 Å². The van der Waals surface area contributed by atoms with Gasteiger partial charge in [-0.05, 0) is 89.5 Å². The molecule has 2 rings (SSSR count). The van der Waals surface area contributed by atoms with E-state index in [0.717, 1.165) is 62.1 Å². The zero-order valence-corrected chi connectivity index (χ0v) is 45.2. The van der Waals surface area contributed by atoms with Gasteiger partial charge in [-0.1, -0.05) is 148 Å².